The first-order valence-electron chi connectivity index (χ1n) is 8.42. The Morgan fingerprint density at radius 2 is 2.08 bits per heavy atom. The summed E-state index contributed by atoms with van der Waals surface area (Å²) in [6.45, 7) is 4.17. The molecule has 1 aromatic carbocycles. The lowest BCUT2D eigenvalue weighted by atomic mass is 9.99. The van der Waals surface area contributed by atoms with Crippen molar-refractivity contribution in [3.8, 4) is 6.07 Å². The van der Waals surface area contributed by atoms with Crippen molar-refractivity contribution in [3.63, 3.8) is 0 Å². The van der Waals surface area contributed by atoms with Gasteiger partial charge in [-0.1, -0.05) is 61.9 Å². The molecule has 0 spiro atoms. The van der Waals surface area contributed by atoms with Crippen LogP contribution in [0, 0.1) is 17.2 Å². The van der Waals surface area contributed by atoms with Crippen molar-refractivity contribution in [2.45, 2.75) is 49.6 Å². The molecule has 0 aliphatic carbocycles. The van der Waals surface area contributed by atoms with E-state index in [1.54, 1.807) is 11.8 Å². The SMILES string of the molecule is CCCC[C@H](CC)C(=O)Nc1nnc(SCc2ccc(C#N)cc2)s1. The highest BCUT2D eigenvalue weighted by Gasteiger charge is 2.17. The molecule has 1 amide bonds. The molecular weight excluding hydrogens is 352 g/mol. The average molecular weight is 375 g/mol. The van der Waals surface area contributed by atoms with Crippen molar-refractivity contribution < 1.29 is 4.79 Å². The maximum atomic E-state index is 12.3. The second-order valence-electron chi connectivity index (χ2n) is 5.71. The topological polar surface area (TPSA) is 78.7 Å². The molecule has 25 heavy (non-hydrogen) atoms. The lowest BCUT2D eigenvalue weighted by molar-refractivity contribution is -0.120. The molecule has 1 atom stereocenters. The van der Waals surface area contributed by atoms with Gasteiger partial charge in [0.25, 0.3) is 0 Å². The van der Waals surface area contributed by atoms with Crippen LogP contribution in [0.3, 0.4) is 0 Å². The Kier molecular flexibility index (Phi) is 7.89. The van der Waals surface area contributed by atoms with Crippen molar-refractivity contribution in [2.24, 2.45) is 5.92 Å². The summed E-state index contributed by atoms with van der Waals surface area (Å²) in [7, 11) is 0. The number of aromatic nitrogens is 2. The van der Waals surface area contributed by atoms with Crippen molar-refractivity contribution >= 4 is 34.1 Å². The van der Waals surface area contributed by atoms with Crippen molar-refractivity contribution in [2.75, 3.05) is 5.32 Å². The first-order chi connectivity index (χ1) is 12.2. The molecule has 1 heterocycles. The summed E-state index contributed by atoms with van der Waals surface area (Å²) in [4.78, 5) is 12.3. The first-order valence-corrected chi connectivity index (χ1v) is 10.2. The molecule has 5 nitrogen and oxygen atoms in total. The highest BCUT2D eigenvalue weighted by molar-refractivity contribution is 8.00. The van der Waals surface area contributed by atoms with Crippen molar-refractivity contribution in [3.05, 3.63) is 35.4 Å². The molecule has 0 aliphatic rings. The zero-order chi connectivity index (χ0) is 18.1. The van der Waals surface area contributed by atoms with Crippen LogP contribution >= 0.6 is 23.1 Å². The van der Waals surface area contributed by atoms with Crippen LogP contribution < -0.4 is 5.32 Å². The van der Waals surface area contributed by atoms with E-state index in [0.29, 0.717) is 10.7 Å². The van der Waals surface area contributed by atoms with E-state index in [4.69, 9.17) is 5.26 Å². The Morgan fingerprint density at radius 3 is 2.72 bits per heavy atom. The minimum Gasteiger partial charge on any atom is -0.300 e. The largest absolute Gasteiger partial charge is 0.300 e. The van der Waals surface area contributed by atoms with Gasteiger partial charge in [0.15, 0.2) is 4.34 Å². The van der Waals surface area contributed by atoms with Gasteiger partial charge in [-0.05, 0) is 30.5 Å². The van der Waals surface area contributed by atoms with Gasteiger partial charge in [-0.25, -0.2) is 0 Å². The molecule has 7 heteroatoms. The minimum atomic E-state index is 0.0377. The van der Waals surface area contributed by atoms with Gasteiger partial charge < -0.3 is 5.32 Å². The van der Waals surface area contributed by atoms with E-state index in [1.165, 1.54) is 11.3 Å². The van der Waals surface area contributed by atoms with Gasteiger partial charge >= 0.3 is 0 Å². The highest BCUT2D eigenvalue weighted by Crippen LogP contribution is 2.29. The summed E-state index contributed by atoms with van der Waals surface area (Å²) in [5, 5.41) is 20.5. The molecule has 0 fully saturated rings. The maximum absolute atomic E-state index is 12.3. The van der Waals surface area contributed by atoms with Gasteiger partial charge in [-0.3, -0.25) is 4.79 Å². The normalized spacial score (nSPS) is 11.7. The molecule has 0 aliphatic heterocycles. The third kappa shape index (κ3) is 6.15. The molecule has 0 radical (unpaired) electrons. The van der Waals surface area contributed by atoms with Crippen LogP contribution in [0.2, 0.25) is 0 Å². The number of hydrogen-bond acceptors (Lipinski definition) is 6. The van der Waals surface area contributed by atoms with E-state index in [1.807, 2.05) is 31.2 Å². The number of amides is 1. The number of anilines is 1. The zero-order valence-electron chi connectivity index (χ0n) is 14.5. The fraction of sp³-hybridized carbons (Fsp3) is 0.444. The molecule has 1 N–H and O–H groups in total. The predicted octanol–water partition coefficient (Wildman–Crippen LogP) is 4.86. The fourth-order valence-electron chi connectivity index (χ4n) is 2.32. The van der Waals surface area contributed by atoms with E-state index < -0.39 is 0 Å². The first kappa shape index (κ1) is 19.4. The van der Waals surface area contributed by atoms with Crippen LogP contribution in [0.15, 0.2) is 28.6 Å². The molecule has 1 aromatic heterocycles. The number of carbonyl (C=O) groups excluding carboxylic acids is 1. The van der Waals surface area contributed by atoms with E-state index in [0.717, 1.165) is 41.3 Å². The van der Waals surface area contributed by atoms with Crippen LogP contribution in [0.4, 0.5) is 5.13 Å². The monoisotopic (exact) mass is 374 g/mol. The van der Waals surface area contributed by atoms with Gasteiger partial charge in [-0.2, -0.15) is 5.26 Å². The fourth-order valence-corrected chi connectivity index (χ4v) is 4.03. The van der Waals surface area contributed by atoms with E-state index in [-0.39, 0.29) is 11.8 Å². The number of nitriles is 1. The third-order valence-corrected chi connectivity index (χ3v) is 5.89. The second-order valence-corrected chi connectivity index (χ2v) is 7.91. The summed E-state index contributed by atoms with van der Waals surface area (Å²) >= 11 is 2.97. The molecule has 2 aromatic rings. The number of unbranched alkanes of at least 4 members (excludes halogenated alkanes) is 1. The molecular formula is C18H22N4OS2. The Labute approximate surface area is 156 Å². The van der Waals surface area contributed by atoms with Gasteiger partial charge in [0.2, 0.25) is 11.0 Å². The number of benzene rings is 1. The number of nitrogens with one attached hydrogen (secondary N) is 1. The number of hydrogen-bond donors (Lipinski definition) is 1. The van der Waals surface area contributed by atoms with Crippen LogP contribution in [-0.2, 0) is 10.5 Å². The Hall–Kier alpha value is -1.91. The van der Waals surface area contributed by atoms with Gasteiger partial charge in [-0.15, -0.1) is 10.2 Å². The minimum absolute atomic E-state index is 0.0377. The molecule has 0 saturated heterocycles. The summed E-state index contributed by atoms with van der Waals surface area (Å²) < 4.78 is 0.821. The summed E-state index contributed by atoms with van der Waals surface area (Å²) in [6.07, 6.45) is 3.91. The average Bonchev–Trinajstić information content (AvgIpc) is 3.08. The smallest absolute Gasteiger partial charge is 0.229 e. The predicted molar refractivity (Wildman–Crippen MR) is 103 cm³/mol. The van der Waals surface area contributed by atoms with Crippen LogP contribution in [0.5, 0.6) is 0 Å². The van der Waals surface area contributed by atoms with E-state index in [9.17, 15) is 4.79 Å². The molecule has 0 bridgehead atoms. The summed E-state index contributed by atoms with van der Waals surface area (Å²) in [5.74, 6) is 0.830. The molecule has 0 saturated carbocycles. The molecule has 132 valence electrons. The van der Waals surface area contributed by atoms with E-state index in [2.05, 4.69) is 28.5 Å². The Morgan fingerprint density at radius 1 is 1.32 bits per heavy atom. The molecule has 0 unspecified atom stereocenters. The number of carbonyl (C=O) groups is 1. The zero-order valence-corrected chi connectivity index (χ0v) is 16.1. The third-order valence-electron chi connectivity index (χ3n) is 3.85. The van der Waals surface area contributed by atoms with Gasteiger partial charge in [0.05, 0.1) is 11.6 Å². The number of rotatable bonds is 9. The number of thioether (sulfide) groups is 1. The Balaban J connectivity index is 1.86. The van der Waals surface area contributed by atoms with Crippen molar-refractivity contribution in [1.82, 2.24) is 10.2 Å². The number of nitrogens with zero attached hydrogens (tertiary/aromatic N) is 3. The van der Waals surface area contributed by atoms with E-state index >= 15 is 0 Å². The van der Waals surface area contributed by atoms with Crippen LogP contribution in [0.25, 0.3) is 0 Å². The van der Waals surface area contributed by atoms with Crippen LogP contribution in [-0.4, -0.2) is 16.1 Å². The van der Waals surface area contributed by atoms with Crippen molar-refractivity contribution in [1.29, 1.82) is 5.26 Å². The highest BCUT2D eigenvalue weighted by atomic mass is 32.2. The summed E-state index contributed by atoms with van der Waals surface area (Å²) in [6, 6.07) is 9.60. The van der Waals surface area contributed by atoms with Gasteiger partial charge in [0.1, 0.15) is 0 Å². The Bertz CT molecular complexity index is 721. The quantitative estimate of drug-likeness (QED) is 0.501. The lowest BCUT2D eigenvalue weighted by Gasteiger charge is -2.12. The molecule has 2 rings (SSSR count). The van der Waals surface area contributed by atoms with Crippen LogP contribution in [0.1, 0.15) is 50.7 Å². The van der Waals surface area contributed by atoms with Gasteiger partial charge in [0, 0.05) is 11.7 Å². The maximum Gasteiger partial charge on any atom is 0.229 e. The standard InChI is InChI=1S/C18H22N4OS2/c1-3-5-6-15(4-2)16(23)20-17-21-22-18(25-17)24-12-14-9-7-13(11-19)8-10-14/h7-10,15H,3-6,12H2,1-2H3,(H,20,21,23)/t15-/m0/s1. The lowest BCUT2D eigenvalue weighted by Crippen LogP contribution is -2.22. The second kappa shape index (κ2) is 10.2. The summed E-state index contributed by atoms with van der Waals surface area (Å²) in [5.41, 5.74) is 1.78.